The number of carbonyl (C=O) groups is 1. The molecule has 1 heterocycles. The number of nitrogens with one attached hydrogen (secondary N) is 1. The van der Waals surface area contributed by atoms with Crippen LogP contribution in [0.25, 0.3) is 0 Å². The number of alkyl halides is 2. The van der Waals surface area contributed by atoms with Crippen LogP contribution in [-0.4, -0.2) is 43.2 Å². The predicted octanol–water partition coefficient (Wildman–Crippen LogP) is 4.05. The summed E-state index contributed by atoms with van der Waals surface area (Å²) in [6.07, 6.45) is 1.63. The zero-order chi connectivity index (χ0) is 19.3. The van der Waals surface area contributed by atoms with Gasteiger partial charge in [0.1, 0.15) is 0 Å². The number of rotatable bonds is 7. The van der Waals surface area contributed by atoms with E-state index in [0.717, 1.165) is 0 Å². The van der Waals surface area contributed by atoms with Crippen LogP contribution in [-0.2, 0) is 14.8 Å². The summed E-state index contributed by atoms with van der Waals surface area (Å²) in [6, 6.07) is 4.54. The van der Waals surface area contributed by atoms with Crippen molar-refractivity contribution in [1.29, 1.82) is 0 Å². The van der Waals surface area contributed by atoms with Gasteiger partial charge < -0.3 is 5.32 Å². The molecule has 1 atom stereocenters. The molecule has 0 saturated carbocycles. The smallest absolute Gasteiger partial charge is 0.289 e. The van der Waals surface area contributed by atoms with Crippen molar-refractivity contribution in [2.75, 3.05) is 24.2 Å². The lowest BCUT2D eigenvalue weighted by molar-refractivity contribution is -0.120. The molecule has 146 valence electrons. The minimum Gasteiger partial charge on any atom is -0.325 e. The van der Waals surface area contributed by atoms with Gasteiger partial charge in [-0.05, 0) is 31.4 Å². The molecule has 1 fully saturated rings. The van der Waals surface area contributed by atoms with Gasteiger partial charge in [-0.25, -0.2) is 12.7 Å². The molecule has 1 aliphatic heterocycles. The molecule has 1 aromatic carbocycles. The van der Waals surface area contributed by atoms with E-state index >= 15 is 0 Å². The van der Waals surface area contributed by atoms with Crippen molar-refractivity contribution in [3.05, 3.63) is 23.2 Å². The summed E-state index contributed by atoms with van der Waals surface area (Å²) in [6.45, 7) is 2.29. The summed E-state index contributed by atoms with van der Waals surface area (Å²) in [7, 11) is -3.37. The molecule has 0 aromatic heterocycles. The fourth-order valence-electron chi connectivity index (χ4n) is 2.85. The SMILES string of the molecule is CCCS(=O)(=O)N1CCCC(C(=O)Nc2cccc(Cl)c2SC(F)F)C1. The van der Waals surface area contributed by atoms with E-state index in [1.54, 1.807) is 13.0 Å². The van der Waals surface area contributed by atoms with Crippen LogP contribution >= 0.6 is 23.4 Å². The molecule has 5 nitrogen and oxygen atoms in total. The average Bonchev–Trinajstić information content (AvgIpc) is 2.58. The number of piperidine rings is 1. The zero-order valence-corrected chi connectivity index (χ0v) is 16.6. The Hall–Kier alpha value is -0.900. The van der Waals surface area contributed by atoms with E-state index in [1.807, 2.05) is 0 Å². The number of thioether (sulfide) groups is 1. The van der Waals surface area contributed by atoms with Gasteiger partial charge in [-0.2, -0.15) is 8.78 Å². The summed E-state index contributed by atoms with van der Waals surface area (Å²) in [5, 5.41) is 2.76. The number of hydrogen-bond acceptors (Lipinski definition) is 4. The van der Waals surface area contributed by atoms with E-state index in [-0.39, 0.29) is 45.6 Å². The third kappa shape index (κ3) is 5.55. The number of nitrogens with zero attached hydrogens (tertiary/aromatic N) is 1. The van der Waals surface area contributed by atoms with Crippen molar-refractivity contribution in [2.45, 2.75) is 36.8 Å². The highest BCUT2D eigenvalue weighted by Gasteiger charge is 2.32. The second-order valence-corrected chi connectivity index (χ2v) is 9.49. The molecule has 1 aromatic rings. The Balaban J connectivity index is 2.12. The Morgan fingerprint density at radius 2 is 2.19 bits per heavy atom. The van der Waals surface area contributed by atoms with Gasteiger partial charge in [0, 0.05) is 13.1 Å². The van der Waals surface area contributed by atoms with Crippen LogP contribution in [0.5, 0.6) is 0 Å². The average molecular weight is 427 g/mol. The fraction of sp³-hybridized carbons (Fsp3) is 0.562. The van der Waals surface area contributed by atoms with E-state index in [9.17, 15) is 22.0 Å². The van der Waals surface area contributed by atoms with Crippen LogP contribution in [0, 0.1) is 5.92 Å². The van der Waals surface area contributed by atoms with Gasteiger partial charge in [-0.1, -0.05) is 36.4 Å². The van der Waals surface area contributed by atoms with Crippen LogP contribution < -0.4 is 5.32 Å². The molecule has 0 radical (unpaired) electrons. The van der Waals surface area contributed by atoms with Gasteiger partial charge >= 0.3 is 0 Å². The van der Waals surface area contributed by atoms with E-state index in [0.29, 0.717) is 25.8 Å². The van der Waals surface area contributed by atoms with Crippen LogP contribution in [0.2, 0.25) is 5.02 Å². The molecule has 1 unspecified atom stereocenters. The Morgan fingerprint density at radius 1 is 1.46 bits per heavy atom. The third-order valence-electron chi connectivity index (χ3n) is 4.04. The molecule has 0 spiro atoms. The highest BCUT2D eigenvalue weighted by molar-refractivity contribution is 7.99. The zero-order valence-electron chi connectivity index (χ0n) is 14.3. The molecule has 1 amide bonds. The number of halogens is 3. The molecule has 10 heteroatoms. The first kappa shape index (κ1) is 21.4. The van der Waals surface area contributed by atoms with Crippen LogP contribution in [0.4, 0.5) is 14.5 Å². The van der Waals surface area contributed by atoms with Gasteiger partial charge in [0.15, 0.2) is 0 Å². The number of benzene rings is 1. The van der Waals surface area contributed by atoms with E-state index < -0.39 is 21.7 Å². The van der Waals surface area contributed by atoms with E-state index in [2.05, 4.69) is 5.32 Å². The predicted molar refractivity (Wildman–Crippen MR) is 100 cm³/mol. The molecule has 0 bridgehead atoms. The van der Waals surface area contributed by atoms with Gasteiger partial charge in [-0.3, -0.25) is 4.79 Å². The van der Waals surface area contributed by atoms with E-state index in [1.165, 1.54) is 16.4 Å². The molecule has 2 rings (SSSR count). The molecule has 1 saturated heterocycles. The van der Waals surface area contributed by atoms with Crippen molar-refractivity contribution < 1.29 is 22.0 Å². The summed E-state index contributed by atoms with van der Waals surface area (Å²) < 4.78 is 51.3. The van der Waals surface area contributed by atoms with Crippen LogP contribution in [0.1, 0.15) is 26.2 Å². The van der Waals surface area contributed by atoms with Crippen molar-refractivity contribution >= 4 is 45.0 Å². The first-order valence-corrected chi connectivity index (χ1v) is 11.1. The Bertz CT molecular complexity index is 747. The van der Waals surface area contributed by atoms with Crippen molar-refractivity contribution in [2.24, 2.45) is 5.92 Å². The van der Waals surface area contributed by atoms with Gasteiger partial charge in [0.25, 0.3) is 5.76 Å². The van der Waals surface area contributed by atoms with Crippen molar-refractivity contribution in [3.8, 4) is 0 Å². The second-order valence-electron chi connectivity index (χ2n) is 6.00. The molecule has 26 heavy (non-hydrogen) atoms. The largest absolute Gasteiger partial charge is 0.325 e. The maximum atomic E-state index is 12.7. The lowest BCUT2D eigenvalue weighted by Crippen LogP contribution is -2.44. The Morgan fingerprint density at radius 3 is 2.85 bits per heavy atom. The highest BCUT2D eigenvalue weighted by Crippen LogP contribution is 2.38. The number of amides is 1. The summed E-state index contributed by atoms with van der Waals surface area (Å²) >= 11 is 6.23. The molecular formula is C16H21ClF2N2O3S2. The maximum absolute atomic E-state index is 12.7. The second kappa shape index (κ2) is 9.34. The van der Waals surface area contributed by atoms with Crippen molar-refractivity contribution in [1.82, 2.24) is 4.31 Å². The Labute approximate surface area is 161 Å². The fourth-order valence-corrected chi connectivity index (χ4v) is 5.35. The maximum Gasteiger partial charge on any atom is 0.289 e. The first-order valence-electron chi connectivity index (χ1n) is 8.26. The normalized spacial score (nSPS) is 18.9. The molecular weight excluding hydrogens is 406 g/mol. The highest BCUT2D eigenvalue weighted by atomic mass is 35.5. The van der Waals surface area contributed by atoms with Crippen LogP contribution in [0.15, 0.2) is 23.1 Å². The number of anilines is 1. The van der Waals surface area contributed by atoms with Crippen LogP contribution in [0.3, 0.4) is 0 Å². The van der Waals surface area contributed by atoms with Gasteiger partial charge in [0.05, 0.1) is 27.3 Å². The molecule has 1 aliphatic rings. The molecule has 0 aliphatic carbocycles. The van der Waals surface area contributed by atoms with E-state index in [4.69, 9.17) is 11.6 Å². The number of carbonyl (C=O) groups excluding carboxylic acids is 1. The topological polar surface area (TPSA) is 66.5 Å². The first-order chi connectivity index (χ1) is 12.2. The summed E-state index contributed by atoms with van der Waals surface area (Å²) in [5.41, 5.74) is 0.210. The summed E-state index contributed by atoms with van der Waals surface area (Å²) in [4.78, 5) is 12.7. The monoisotopic (exact) mass is 426 g/mol. The Kier molecular flexibility index (Phi) is 7.69. The molecule has 1 N–H and O–H groups in total. The lowest BCUT2D eigenvalue weighted by atomic mass is 9.98. The van der Waals surface area contributed by atoms with Crippen molar-refractivity contribution in [3.63, 3.8) is 0 Å². The number of hydrogen-bond donors (Lipinski definition) is 1. The lowest BCUT2D eigenvalue weighted by Gasteiger charge is -2.31. The minimum atomic E-state index is -3.37. The minimum absolute atomic E-state index is 0.0464. The number of sulfonamides is 1. The quantitative estimate of drug-likeness (QED) is 0.668. The third-order valence-corrected chi connectivity index (χ3v) is 7.37. The standard InChI is InChI=1S/C16H21ClF2N2O3S2/c1-2-9-26(23,24)21-8-4-5-11(10-21)15(22)20-13-7-3-6-12(17)14(13)25-16(18)19/h3,6-7,11,16H,2,4-5,8-10H2,1H3,(H,20,22). The summed E-state index contributed by atoms with van der Waals surface area (Å²) in [5.74, 6) is -3.54. The van der Waals surface area contributed by atoms with Gasteiger partial charge in [0.2, 0.25) is 15.9 Å². The van der Waals surface area contributed by atoms with Gasteiger partial charge in [-0.15, -0.1) is 0 Å².